The second-order valence-electron chi connectivity index (χ2n) is 6.11. The Balaban J connectivity index is 1.71. The van der Waals surface area contributed by atoms with E-state index in [1.807, 2.05) is 31.2 Å². The van der Waals surface area contributed by atoms with Crippen molar-refractivity contribution in [1.82, 2.24) is 15.2 Å². The van der Waals surface area contributed by atoms with Gasteiger partial charge in [-0.05, 0) is 25.1 Å². The van der Waals surface area contributed by atoms with E-state index in [-0.39, 0.29) is 11.3 Å². The zero-order valence-corrected chi connectivity index (χ0v) is 14.8. The highest BCUT2D eigenvalue weighted by molar-refractivity contribution is 6.07. The van der Waals surface area contributed by atoms with Crippen molar-refractivity contribution in [3.05, 3.63) is 70.1 Å². The van der Waals surface area contributed by atoms with E-state index in [4.69, 9.17) is 4.74 Å². The van der Waals surface area contributed by atoms with Crippen LogP contribution in [0.4, 0.5) is 0 Å². The van der Waals surface area contributed by atoms with Gasteiger partial charge >= 0.3 is 0 Å². The number of fused-ring (bicyclic) bond motifs is 2. The number of nitrogens with one attached hydrogen (secondary N) is 1. The van der Waals surface area contributed by atoms with Gasteiger partial charge in [0.25, 0.3) is 11.5 Å². The average Bonchev–Trinajstić information content (AvgIpc) is 2.72. The molecule has 2 aromatic carbocycles. The lowest BCUT2D eigenvalue weighted by molar-refractivity contribution is 0.0949. The minimum Gasteiger partial charge on any atom is -0.492 e. The molecular formula is C20H18N4O3. The molecule has 0 fully saturated rings. The van der Waals surface area contributed by atoms with Crippen LogP contribution < -0.4 is 15.7 Å². The van der Waals surface area contributed by atoms with Crippen LogP contribution in [0.2, 0.25) is 0 Å². The Bertz CT molecular complexity index is 1120. The SMILES string of the molecule is CCn1nc(C(=O)N/N=C2/CCOc3ccccc32)c2ccccc2c1=O. The van der Waals surface area contributed by atoms with E-state index in [0.717, 1.165) is 17.0 Å². The van der Waals surface area contributed by atoms with Crippen LogP contribution in [0.5, 0.6) is 5.75 Å². The van der Waals surface area contributed by atoms with Crippen molar-refractivity contribution in [3.63, 3.8) is 0 Å². The van der Waals surface area contributed by atoms with E-state index in [9.17, 15) is 9.59 Å². The molecule has 1 aliphatic heterocycles. The molecule has 7 nitrogen and oxygen atoms in total. The first-order valence-electron chi connectivity index (χ1n) is 8.78. The molecule has 2 heterocycles. The summed E-state index contributed by atoms with van der Waals surface area (Å²) in [6.45, 7) is 2.70. The molecule has 7 heteroatoms. The molecule has 0 bridgehead atoms. The van der Waals surface area contributed by atoms with Crippen molar-refractivity contribution in [3.8, 4) is 5.75 Å². The van der Waals surface area contributed by atoms with E-state index in [2.05, 4.69) is 15.6 Å². The molecule has 0 aliphatic carbocycles. The van der Waals surface area contributed by atoms with Gasteiger partial charge in [-0.1, -0.05) is 30.3 Å². The van der Waals surface area contributed by atoms with Gasteiger partial charge in [0, 0.05) is 23.9 Å². The number of carbonyl (C=O) groups excluding carboxylic acids is 1. The van der Waals surface area contributed by atoms with Gasteiger partial charge < -0.3 is 4.74 Å². The Hall–Kier alpha value is -3.48. The van der Waals surface area contributed by atoms with E-state index in [0.29, 0.717) is 30.3 Å². The van der Waals surface area contributed by atoms with Gasteiger partial charge in [0.05, 0.1) is 17.7 Å². The fraction of sp³-hybridized carbons (Fsp3) is 0.200. The minimum atomic E-state index is -0.454. The van der Waals surface area contributed by atoms with Gasteiger partial charge in [0.2, 0.25) is 0 Å². The van der Waals surface area contributed by atoms with Crippen molar-refractivity contribution in [2.45, 2.75) is 19.9 Å². The first kappa shape index (κ1) is 17.0. The van der Waals surface area contributed by atoms with E-state index in [1.165, 1.54) is 4.68 Å². The predicted molar refractivity (Wildman–Crippen MR) is 102 cm³/mol. The number of aromatic nitrogens is 2. The molecule has 1 aliphatic rings. The average molecular weight is 362 g/mol. The molecule has 3 aromatic rings. The highest BCUT2D eigenvalue weighted by atomic mass is 16.5. The molecule has 1 N–H and O–H groups in total. The maximum atomic E-state index is 12.8. The highest BCUT2D eigenvalue weighted by Gasteiger charge is 2.19. The largest absolute Gasteiger partial charge is 0.492 e. The summed E-state index contributed by atoms with van der Waals surface area (Å²) in [5, 5.41) is 9.49. The third kappa shape index (κ3) is 3.08. The molecule has 136 valence electrons. The molecule has 1 aromatic heterocycles. The number of amides is 1. The Morgan fingerprint density at radius 3 is 2.74 bits per heavy atom. The number of aryl methyl sites for hydroxylation is 1. The van der Waals surface area contributed by atoms with Gasteiger partial charge in [-0.3, -0.25) is 9.59 Å². The monoisotopic (exact) mass is 362 g/mol. The number of para-hydroxylation sites is 1. The van der Waals surface area contributed by atoms with Crippen LogP contribution in [-0.4, -0.2) is 28.0 Å². The lowest BCUT2D eigenvalue weighted by atomic mass is 10.0. The summed E-state index contributed by atoms with van der Waals surface area (Å²) in [7, 11) is 0. The van der Waals surface area contributed by atoms with Gasteiger partial charge in [-0.15, -0.1) is 0 Å². The number of benzene rings is 2. The van der Waals surface area contributed by atoms with E-state index < -0.39 is 5.91 Å². The molecule has 27 heavy (non-hydrogen) atoms. The van der Waals surface area contributed by atoms with Crippen LogP contribution in [0.15, 0.2) is 58.4 Å². The number of hydrazone groups is 1. The Kier molecular flexibility index (Phi) is 4.42. The predicted octanol–water partition coefficient (Wildman–Crippen LogP) is 2.33. The normalized spacial score (nSPS) is 14.6. The molecule has 0 saturated carbocycles. The summed E-state index contributed by atoms with van der Waals surface area (Å²) >= 11 is 0. The minimum absolute atomic E-state index is 0.178. The maximum absolute atomic E-state index is 12.8. The van der Waals surface area contributed by atoms with Crippen molar-refractivity contribution in [2.24, 2.45) is 5.10 Å². The van der Waals surface area contributed by atoms with Gasteiger partial charge in [0.1, 0.15) is 5.75 Å². The van der Waals surface area contributed by atoms with Crippen LogP contribution in [0.25, 0.3) is 10.8 Å². The summed E-state index contributed by atoms with van der Waals surface area (Å²) < 4.78 is 6.89. The summed E-state index contributed by atoms with van der Waals surface area (Å²) in [5.74, 6) is 0.296. The number of ether oxygens (including phenoxy) is 1. The van der Waals surface area contributed by atoms with Crippen molar-refractivity contribution in [1.29, 1.82) is 0 Å². The van der Waals surface area contributed by atoms with Crippen LogP contribution in [-0.2, 0) is 6.54 Å². The Morgan fingerprint density at radius 2 is 1.93 bits per heavy atom. The molecule has 0 unspecified atom stereocenters. The summed E-state index contributed by atoms with van der Waals surface area (Å²) in [5.41, 5.74) is 4.16. The van der Waals surface area contributed by atoms with Gasteiger partial charge in [-0.25, -0.2) is 10.1 Å². The third-order valence-electron chi connectivity index (χ3n) is 4.47. The standard InChI is InChI=1S/C20H18N4O3/c1-2-24-20(26)14-8-4-3-7-13(14)18(23-24)19(25)22-21-16-11-12-27-17-10-6-5-9-15(16)17/h3-10H,2,11-12H2,1H3,(H,22,25)/b21-16-. The summed E-state index contributed by atoms with van der Waals surface area (Å²) in [6, 6.07) is 14.5. The lowest BCUT2D eigenvalue weighted by Gasteiger charge is -2.18. The fourth-order valence-corrected chi connectivity index (χ4v) is 3.13. The van der Waals surface area contributed by atoms with E-state index >= 15 is 0 Å². The van der Waals surface area contributed by atoms with Crippen LogP contribution in [0, 0.1) is 0 Å². The Labute approximate surface area is 155 Å². The molecule has 4 rings (SSSR count). The van der Waals surface area contributed by atoms with Gasteiger partial charge in [-0.2, -0.15) is 10.2 Å². The van der Waals surface area contributed by atoms with Crippen molar-refractivity contribution in [2.75, 3.05) is 6.61 Å². The van der Waals surface area contributed by atoms with Crippen LogP contribution in [0.1, 0.15) is 29.4 Å². The number of carbonyl (C=O) groups is 1. The summed E-state index contributed by atoms with van der Waals surface area (Å²) in [6.07, 6.45) is 0.597. The van der Waals surface area contributed by atoms with E-state index in [1.54, 1.807) is 24.3 Å². The number of nitrogens with zero attached hydrogens (tertiary/aromatic N) is 3. The topological polar surface area (TPSA) is 85.6 Å². The summed E-state index contributed by atoms with van der Waals surface area (Å²) in [4.78, 5) is 25.2. The number of hydrogen-bond donors (Lipinski definition) is 1. The first-order valence-corrected chi connectivity index (χ1v) is 8.78. The molecule has 0 radical (unpaired) electrons. The molecule has 0 spiro atoms. The molecule has 0 saturated heterocycles. The number of rotatable bonds is 3. The maximum Gasteiger partial charge on any atom is 0.292 e. The molecular weight excluding hydrogens is 344 g/mol. The fourth-order valence-electron chi connectivity index (χ4n) is 3.13. The second-order valence-corrected chi connectivity index (χ2v) is 6.11. The smallest absolute Gasteiger partial charge is 0.292 e. The van der Waals surface area contributed by atoms with Crippen molar-refractivity contribution < 1.29 is 9.53 Å². The van der Waals surface area contributed by atoms with Crippen molar-refractivity contribution >= 4 is 22.4 Å². The first-order chi connectivity index (χ1) is 13.2. The molecule has 0 atom stereocenters. The van der Waals surface area contributed by atoms with Crippen LogP contribution >= 0.6 is 0 Å². The lowest BCUT2D eigenvalue weighted by Crippen LogP contribution is -2.29. The highest BCUT2D eigenvalue weighted by Crippen LogP contribution is 2.24. The van der Waals surface area contributed by atoms with Gasteiger partial charge in [0.15, 0.2) is 5.69 Å². The second kappa shape index (κ2) is 7.03. The number of hydrogen-bond acceptors (Lipinski definition) is 5. The van der Waals surface area contributed by atoms with Crippen LogP contribution in [0.3, 0.4) is 0 Å². The quantitative estimate of drug-likeness (QED) is 0.725. The Morgan fingerprint density at radius 1 is 1.19 bits per heavy atom. The third-order valence-corrected chi connectivity index (χ3v) is 4.47. The zero-order valence-electron chi connectivity index (χ0n) is 14.8. The molecule has 1 amide bonds. The zero-order chi connectivity index (χ0) is 18.8.